The SMILES string of the molecule is O=C(Nc1ccc(S(=O)(=O)N2CCCC2)cc1)C1CCN(c2cccc(Cl)c2)CC1. The summed E-state index contributed by atoms with van der Waals surface area (Å²) in [5.74, 6) is -0.0793. The monoisotopic (exact) mass is 447 g/mol. The lowest BCUT2D eigenvalue weighted by atomic mass is 9.95. The van der Waals surface area contributed by atoms with Crippen LogP contribution in [0.1, 0.15) is 25.7 Å². The lowest BCUT2D eigenvalue weighted by Gasteiger charge is -2.33. The third-order valence-electron chi connectivity index (χ3n) is 5.86. The molecule has 8 heteroatoms. The summed E-state index contributed by atoms with van der Waals surface area (Å²) in [7, 11) is -3.43. The van der Waals surface area contributed by atoms with Crippen LogP contribution in [0.5, 0.6) is 0 Å². The number of carbonyl (C=O) groups excluding carboxylic acids is 1. The van der Waals surface area contributed by atoms with Crippen LogP contribution >= 0.6 is 11.6 Å². The molecule has 0 aromatic heterocycles. The highest BCUT2D eigenvalue weighted by Crippen LogP contribution is 2.27. The van der Waals surface area contributed by atoms with E-state index in [9.17, 15) is 13.2 Å². The number of anilines is 2. The molecule has 2 aliphatic rings. The average Bonchev–Trinajstić information content (AvgIpc) is 3.30. The molecule has 2 fully saturated rings. The van der Waals surface area contributed by atoms with Crippen LogP contribution in [-0.2, 0) is 14.8 Å². The van der Waals surface area contributed by atoms with Gasteiger partial charge < -0.3 is 10.2 Å². The molecule has 4 rings (SSSR count). The van der Waals surface area contributed by atoms with Gasteiger partial charge in [0.1, 0.15) is 0 Å². The molecule has 0 saturated carbocycles. The predicted molar refractivity (Wildman–Crippen MR) is 119 cm³/mol. The first kappa shape index (κ1) is 21.2. The maximum absolute atomic E-state index is 12.7. The molecule has 2 heterocycles. The van der Waals surface area contributed by atoms with Gasteiger partial charge in [0.2, 0.25) is 15.9 Å². The quantitative estimate of drug-likeness (QED) is 0.752. The molecule has 1 N–H and O–H groups in total. The van der Waals surface area contributed by atoms with Crippen molar-refractivity contribution in [1.82, 2.24) is 4.31 Å². The minimum atomic E-state index is -3.43. The molecule has 1 amide bonds. The fourth-order valence-corrected chi connectivity index (χ4v) is 5.81. The van der Waals surface area contributed by atoms with Gasteiger partial charge in [0, 0.05) is 48.5 Å². The van der Waals surface area contributed by atoms with Gasteiger partial charge in [0.15, 0.2) is 0 Å². The molecule has 2 saturated heterocycles. The minimum Gasteiger partial charge on any atom is -0.371 e. The Kier molecular flexibility index (Phi) is 6.32. The summed E-state index contributed by atoms with van der Waals surface area (Å²) in [6.45, 7) is 2.75. The van der Waals surface area contributed by atoms with Crippen LogP contribution in [0, 0.1) is 5.92 Å². The second kappa shape index (κ2) is 8.96. The zero-order valence-electron chi connectivity index (χ0n) is 16.8. The van der Waals surface area contributed by atoms with Crippen LogP contribution < -0.4 is 10.2 Å². The fraction of sp³-hybridized carbons (Fsp3) is 0.409. The van der Waals surface area contributed by atoms with Crippen molar-refractivity contribution >= 4 is 38.9 Å². The maximum Gasteiger partial charge on any atom is 0.243 e. The molecule has 2 aliphatic heterocycles. The predicted octanol–water partition coefficient (Wildman–Crippen LogP) is 3.98. The number of rotatable bonds is 5. The standard InChI is InChI=1S/C22H26ClN3O3S/c23-18-4-3-5-20(16-18)25-14-10-17(11-15-25)22(27)24-19-6-8-21(9-7-19)30(28,29)26-12-1-2-13-26/h3-9,16-17H,1-2,10-15H2,(H,24,27). The Morgan fingerprint density at radius 1 is 0.967 bits per heavy atom. The van der Waals surface area contributed by atoms with Crippen molar-refractivity contribution in [1.29, 1.82) is 0 Å². The number of hydrogen-bond donors (Lipinski definition) is 1. The van der Waals surface area contributed by atoms with Gasteiger partial charge in [-0.15, -0.1) is 0 Å². The Hall–Kier alpha value is -2.09. The van der Waals surface area contributed by atoms with E-state index in [1.807, 2.05) is 24.3 Å². The first-order valence-corrected chi connectivity index (χ1v) is 12.2. The third kappa shape index (κ3) is 4.63. The molecule has 0 aliphatic carbocycles. The third-order valence-corrected chi connectivity index (χ3v) is 8.01. The second-order valence-electron chi connectivity index (χ2n) is 7.87. The highest BCUT2D eigenvalue weighted by molar-refractivity contribution is 7.89. The number of nitrogens with one attached hydrogen (secondary N) is 1. The van der Waals surface area contributed by atoms with E-state index >= 15 is 0 Å². The van der Waals surface area contributed by atoms with Crippen molar-refractivity contribution in [2.24, 2.45) is 5.92 Å². The number of sulfonamides is 1. The van der Waals surface area contributed by atoms with Crippen molar-refractivity contribution in [3.8, 4) is 0 Å². The van der Waals surface area contributed by atoms with Gasteiger partial charge in [0.05, 0.1) is 4.90 Å². The Bertz CT molecular complexity index is 997. The van der Waals surface area contributed by atoms with E-state index in [4.69, 9.17) is 11.6 Å². The number of halogens is 1. The Morgan fingerprint density at radius 2 is 1.63 bits per heavy atom. The van der Waals surface area contributed by atoms with Gasteiger partial charge in [-0.2, -0.15) is 4.31 Å². The molecular formula is C22H26ClN3O3S. The number of benzene rings is 2. The lowest BCUT2D eigenvalue weighted by Crippen LogP contribution is -2.38. The molecule has 0 radical (unpaired) electrons. The number of carbonyl (C=O) groups is 1. The van der Waals surface area contributed by atoms with Gasteiger partial charge in [0.25, 0.3) is 0 Å². The highest BCUT2D eigenvalue weighted by atomic mass is 35.5. The van der Waals surface area contributed by atoms with Gasteiger partial charge in [-0.1, -0.05) is 17.7 Å². The molecule has 0 bridgehead atoms. The van der Waals surface area contributed by atoms with Crippen molar-refractivity contribution < 1.29 is 13.2 Å². The number of nitrogens with zero attached hydrogens (tertiary/aromatic N) is 2. The molecule has 2 aromatic carbocycles. The lowest BCUT2D eigenvalue weighted by molar-refractivity contribution is -0.120. The summed E-state index contributed by atoms with van der Waals surface area (Å²) >= 11 is 6.08. The minimum absolute atomic E-state index is 0.0177. The largest absolute Gasteiger partial charge is 0.371 e. The van der Waals surface area contributed by atoms with E-state index in [-0.39, 0.29) is 16.7 Å². The van der Waals surface area contributed by atoms with E-state index in [2.05, 4.69) is 10.2 Å². The number of amides is 1. The van der Waals surface area contributed by atoms with Crippen LogP contribution in [0.25, 0.3) is 0 Å². The summed E-state index contributed by atoms with van der Waals surface area (Å²) < 4.78 is 26.7. The zero-order chi connectivity index (χ0) is 21.1. The molecule has 0 spiro atoms. The van der Waals surface area contributed by atoms with Crippen LogP contribution in [0.15, 0.2) is 53.4 Å². The van der Waals surface area contributed by atoms with Gasteiger partial charge >= 0.3 is 0 Å². The maximum atomic E-state index is 12.7. The molecular weight excluding hydrogens is 422 g/mol. The van der Waals surface area contributed by atoms with Crippen molar-refractivity contribution in [3.63, 3.8) is 0 Å². The average molecular weight is 448 g/mol. The van der Waals surface area contributed by atoms with Crippen molar-refractivity contribution in [3.05, 3.63) is 53.6 Å². The Labute approximate surface area is 182 Å². The molecule has 0 unspecified atom stereocenters. The van der Waals surface area contributed by atoms with Crippen LogP contribution in [0.3, 0.4) is 0 Å². The first-order chi connectivity index (χ1) is 14.4. The van der Waals surface area contributed by atoms with E-state index in [1.165, 1.54) is 4.31 Å². The second-order valence-corrected chi connectivity index (χ2v) is 10.2. The van der Waals surface area contributed by atoms with E-state index < -0.39 is 10.0 Å². The van der Waals surface area contributed by atoms with Gasteiger partial charge in [-0.25, -0.2) is 8.42 Å². The fourth-order valence-electron chi connectivity index (χ4n) is 4.10. The zero-order valence-corrected chi connectivity index (χ0v) is 18.3. The van der Waals surface area contributed by atoms with E-state index in [0.29, 0.717) is 23.8 Å². The Morgan fingerprint density at radius 3 is 2.27 bits per heavy atom. The van der Waals surface area contributed by atoms with Crippen LogP contribution in [0.2, 0.25) is 5.02 Å². The van der Waals surface area contributed by atoms with Crippen LogP contribution in [-0.4, -0.2) is 44.8 Å². The highest BCUT2D eigenvalue weighted by Gasteiger charge is 2.28. The molecule has 30 heavy (non-hydrogen) atoms. The van der Waals surface area contributed by atoms with Gasteiger partial charge in [-0.05, 0) is 68.1 Å². The van der Waals surface area contributed by atoms with E-state index in [0.717, 1.165) is 44.5 Å². The van der Waals surface area contributed by atoms with Crippen LogP contribution in [0.4, 0.5) is 11.4 Å². The summed E-state index contributed by atoms with van der Waals surface area (Å²) in [6, 6.07) is 14.3. The summed E-state index contributed by atoms with van der Waals surface area (Å²) in [5.41, 5.74) is 1.70. The molecule has 6 nitrogen and oxygen atoms in total. The Balaban J connectivity index is 1.33. The van der Waals surface area contributed by atoms with Gasteiger partial charge in [-0.3, -0.25) is 4.79 Å². The number of piperidine rings is 1. The first-order valence-electron chi connectivity index (χ1n) is 10.3. The summed E-state index contributed by atoms with van der Waals surface area (Å²) in [5, 5.41) is 3.65. The smallest absolute Gasteiger partial charge is 0.243 e. The van der Waals surface area contributed by atoms with Crippen molar-refractivity contribution in [2.75, 3.05) is 36.4 Å². The van der Waals surface area contributed by atoms with E-state index in [1.54, 1.807) is 24.3 Å². The summed E-state index contributed by atoms with van der Waals surface area (Å²) in [6.07, 6.45) is 3.34. The molecule has 2 aromatic rings. The number of hydrogen-bond acceptors (Lipinski definition) is 4. The van der Waals surface area contributed by atoms with Crippen molar-refractivity contribution in [2.45, 2.75) is 30.6 Å². The molecule has 0 atom stereocenters. The topological polar surface area (TPSA) is 69.7 Å². The summed E-state index contributed by atoms with van der Waals surface area (Å²) in [4.78, 5) is 15.2. The normalized spacial score (nSPS) is 18.5. The molecule has 160 valence electrons.